The van der Waals surface area contributed by atoms with Crippen LogP contribution in [0, 0.1) is 0 Å². The van der Waals surface area contributed by atoms with E-state index < -0.39 is 0 Å². The van der Waals surface area contributed by atoms with Crippen LogP contribution in [0.5, 0.6) is 0 Å². The van der Waals surface area contributed by atoms with Gasteiger partial charge in [0.15, 0.2) is 0 Å². The van der Waals surface area contributed by atoms with Gasteiger partial charge in [-0.2, -0.15) is 10.2 Å². The molecule has 1 heterocycles. The third kappa shape index (κ3) is 1.45. The van der Waals surface area contributed by atoms with Gasteiger partial charge in [-0.25, -0.2) is 0 Å². The quantitative estimate of drug-likeness (QED) is 0.732. The second kappa shape index (κ2) is 3.67. The molecule has 1 atom stereocenters. The van der Waals surface area contributed by atoms with Crippen molar-refractivity contribution in [2.75, 3.05) is 0 Å². The van der Waals surface area contributed by atoms with E-state index in [1.54, 1.807) is 0 Å². The molecule has 1 aromatic heterocycles. The van der Waals surface area contributed by atoms with Crippen LogP contribution >= 0.6 is 27.5 Å². The van der Waals surface area contributed by atoms with Crippen molar-refractivity contribution in [1.29, 1.82) is 0 Å². The summed E-state index contributed by atoms with van der Waals surface area (Å²) >= 11 is 9.55. The number of benzene rings is 1. The SMILES string of the molecule is CC1CCc2nnc3cc(Br)c(Cl)cc3c21. The molecule has 0 fully saturated rings. The molecular weight excluding hydrogens is 288 g/mol. The molecule has 1 aromatic carbocycles. The van der Waals surface area contributed by atoms with E-state index in [1.807, 2.05) is 12.1 Å². The van der Waals surface area contributed by atoms with E-state index >= 15 is 0 Å². The summed E-state index contributed by atoms with van der Waals surface area (Å²) in [6, 6.07) is 3.94. The Labute approximate surface area is 107 Å². The zero-order valence-corrected chi connectivity index (χ0v) is 11.1. The minimum atomic E-state index is 0.560. The first-order chi connectivity index (χ1) is 7.66. The van der Waals surface area contributed by atoms with Crippen molar-refractivity contribution in [2.45, 2.75) is 25.7 Å². The van der Waals surface area contributed by atoms with Crippen LogP contribution in [-0.2, 0) is 6.42 Å². The number of fused-ring (bicyclic) bond motifs is 3. The summed E-state index contributed by atoms with van der Waals surface area (Å²) in [7, 11) is 0. The molecule has 4 heteroatoms. The Balaban J connectivity index is 2.40. The standard InChI is InChI=1S/C12H10BrClN2/c1-6-2-3-10-12(6)7-4-9(14)8(13)5-11(7)16-15-10/h4-6H,2-3H2,1H3. The predicted octanol–water partition coefficient (Wildman–Crippen LogP) is 4.10. The number of rotatable bonds is 0. The summed E-state index contributed by atoms with van der Waals surface area (Å²) in [5.41, 5.74) is 3.39. The lowest BCUT2D eigenvalue weighted by molar-refractivity contribution is 0.748. The highest BCUT2D eigenvalue weighted by Crippen LogP contribution is 2.38. The smallest absolute Gasteiger partial charge is 0.0945 e. The molecule has 1 aliphatic carbocycles. The van der Waals surface area contributed by atoms with E-state index in [0.717, 1.165) is 38.9 Å². The predicted molar refractivity (Wildman–Crippen MR) is 69.0 cm³/mol. The first-order valence-corrected chi connectivity index (χ1v) is 6.48. The molecule has 0 radical (unpaired) electrons. The molecule has 0 amide bonds. The molecule has 1 aliphatic rings. The molecule has 2 aromatic rings. The van der Waals surface area contributed by atoms with E-state index in [1.165, 1.54) is 5.56 Å². The van der Waals surface area contributed by atoms with Crippen LogP contribution in [0.2, 0.25) is 5.02 Å². The fourth-order valence-electron chi connectivity index (χ4n) is 2.39. The van der Waals surface area contributed by atoms with Crippen LogP contribution in [0.15, 0.2) is 16.6 Å². The summed E-state index contributed by atoms with van der Waals surface area (Å²) < 4.78 is 0.876. The number of aryl methyl sites for hydroxylation is 1. The van der Waals surface area contributed by atoms with Crippen molar-refractivity contribution in [3.63, 3.8) is 0 Å². The van der Waals surface area contributed by atoms with Gasteiger partial charge in [-0.05, 0) is 52.4 Å². The van der Waals surface area contributed by atoms with Gasteiger partial charge >= 0.3 is 0 Å². The summed E-state index contributed by atoms with van der Waals surface area (Å²) in [6.45, 7) is 2.24. The Hall–Kier alpha value is -0.670. The van der Waals surface area contributed by atoms with Crippen LogP contribution in [0.3, 0.4) is 0 Å². The van der Waals surface area contributed by atoms with Crippen LogP contribution in [0.1, 0.15) is 30.5 Å². The molecule has 0 bridgehead atoms. The highest BCUT2D eigenvalue weighted by Gasteiger charge is 2.23. The summed E-state index contributed by atoms with van der Waals surface area (Å²) in [5, 5.41) is 10.4. The molecule has 1 unspecified atom stereocenters. The van der Waals surface area contributed by atoms with Gasteiger partial charge in [0.05, 0.1) is 16.2 Å². The van der Waals surface area contributed by atoms with Crippen molar-refractivity contribution in [1.82, 2.24) is 10.2 Å². The summed E-state index contributed by atoms with van der Waals surface area (Å²) in [6.07, 6.45) is 2.20. The van der Waals surface area contributed by atoms with Crippen molar-refractivity contribution in [3.05, 3.63) is 32.9 Å². The lowest BCUT2D eigenvalue weighted by Crippen LogP contribution is -1.96. The monoisotopic (exact) mass is 296 g/mol. The Morgan fingerprint density at radius 1 is 1.38 bits per heavy atom. The van der Waals surface area contributed by atoms with Crippen molar-refractivity contribution >= 4 is 38.4 Å². The maximum Gasteiger partial charge on any atom is 0.0945 e. The topological polar surface area (TPSA) is 25.8 Å². The average Bonchev–Trinajstić information content (AvgIpc) is 2.63. The minimum absolute atomic E-state index is 0.560. The van der Waals surface area contributed by atoms with Gasteiger partial charge < -0.3 is 0 Å². The second-order valence-electron chi connectivity index (χ2n) is 4.28. The zero-order valence-electron chi connectivity index (χ0n) is 8.80. The largest absolute Gasteiger partial charge is 0.155 e. The van der Waals surface area contributed by atoms with Crippen molar-refractivity contribution in [3.8, 4) is 0 Å². The molecule has 0 N–H and O–H groups in total. The number of hydrogen-bond acceptors (Lipinski definition) is 2. The first kappa shape index (κ1) is 10.5. The van der Waals surface area contributed by atoms with Gasteiger partial charge in [-0.1, -0.05) is 18.5 Å². The molecule has 0 saturated heterocycles. The minimum Gasteiger partial charge on any atom is -0.155 e. The molecule has 2 nitrogen and oxygen atoms in total. The third-order valence-corrected chi connectivity index (χ3v) is 4.42. The van der Waals surface area contributed by atoms with Gasteiger partial charge in [0.25, 0.3) is 0 Å². The fraction of sp³-hybridized carbons (Fsp3) is 0.333. The van der Waals surface area contributed by atoms with Gasteiger partial charge in [0.1, 0.15) is 0 Å². The molecule has 0 spiro atoms. The maximum absolute atomic E-state index is 6.14. The average molecular weight is 298 g/mol. The lowest BCUT2D eigenvalue weighted by Gasteiger charge is -2.08. The Kier molecular flexibility index (Phi) is 2.41. The Morgan fingerprint density at radius 3 is 3.00 bits per heavy atom. The van der Waals surface area contributed by atoms with Crippen LogP contribution in [-0.4, -0.2) is 10.2 Å². The van der Waals surface area contributed by atoms with Crippen molar-refractivity contribution in [2.24, 2.45) is 0 Å². The van der Waals surface area contributed by atoms with Gasteiger partial charge in [0, 0.05) is 9.86 Å². The maximum atomic E-state index is 6.14. The molecular formula is C12H10BrClN2. The molecule has 0 saturated carbocycles. The van der Waals surface area contributed by atoms with Gasteiger partial charge in [-0.3, -0.25) is 0 Å². The number of aromatic nitrogens is 2. The van der Waals surface area contributed by atoms with Gasteiger partial charge in [0.2, 0.25) is 0 Å². The van der Waals surface area contributed by atoms with Gasteiger partial charge in [-0.15, -0.1) is 0 Å². The number of nitrogens with zero attached hydrogens (tertiary/aromatic N) is 2. The number of hydrogen-bond donors (Lipinski definition) is 0. The highest BCUT2D eigenvalue weighted by molar-refractivity contribution is 9.10. The number of halogens is 2. The lowest BCUT2D eigenvalue weighted by atomic mass is 10.0. The van der Waals surface area contributed by atoms with E-state index in [0.29, 0.717) is 5.92 Å². The Bertz CT molecular complexity index is 583. The van der Waals surface area contributed by atoms with E-state index in [2.05, 4.69) is 33.1 Å². The van der Waals surface area contributed by atoms with Crippen molar-refractivity contribution < 1.29 is 0 Å². The zero-order chi connectivity index (χ0) is 11.3. The van der Waals surface area contributed by atoms with E-state index in [9.17, 15) is 0 Å². The molecule has 16 heavy (non-hydrogen) atoms. The summed E-state index contributed by atoms with van der Waals surface area (Å²) in [4.78, 5) is 0. The van der Waals surface area contributed by atoms with E-state index in [4.69, 9.17) is 11.6 Å². The Morgan fingerprint density at radius 2 is 2.19 bits per heavy atom. The van der Waals surface area contributed by atoms with Crippen LogP contribution in [0.25, 0.3) is 10.9 Å². The van der Waals surface area contributed by atoms with Crippen LogP contribution in [0.4, 0.5) is 0 Å². The summed E-state index contributed by atoms with van der Waals surface area (Å²) in [5.74, 6) is 0.560. The highest BCUT2D eigenvalue weighted by atomic mass is 79.9. The third-order valence-electron chi connectivity index (χ3n) is 3.23. The fourth-order valence-corrected chi connectivity index (χ4v) is 2.89. The molecule has 82 valence electrons. The second-order valence-corrected chi connectivity index (χ2v) is 5.55. The molecule has 0 aliphatic heterocycles. The molecule has 3 rings (SSSR count). The normalized spacial score (nSPS) is 19.1. The van der Waals surface area contributed by atoms with E-state index in [-0.39, 0.29) is 0 Å². The van der Waals surface area contributed by atoms with Crippen LogP contribution < -0.4 is 0 Å². The first-order valence-electron chi connectivity index (χ1n) is 5.31.